The molecule has 1 unspecified atom stereocenters. The molecule has 110 valence electrons. The molecule has 0 spiro atoms. The molecule has 2 aliphatic heterocycles. The van der Waals surface area contributed by atoms with Crippen molar-refractivity contribution < 1.29 is 4.79 Å². The Hall–Kier alpha value is -0.770. The summed E-state index contributed by atoms with van der Waals surface area (Å²) >= 11 is 0. The minimum Gasteiger partial charge on any atom is -0.325 e. The van der Waals surface area contributed by atoms with E-state index in [1.165, 1.54) is 6.42 Å². The quantitative estimate of drug-likeness (QED) is 0.767. The van der Waals surface area contributed by atoms with Crippen LogP contribution in [0.3, 0.4) is 0 Å². The van der Waals surface area contributed by atoms with Crippen molar-refractivity contribution in [1.82, 2.24) is 14.7 Å². The van der Waals surface area contributed by atoms with Crippen LogP contribution >= 0.6 is 0 Å². The van der Waals surface area contributed by atoms with Crippen molar-refractivity contribution in [3.63, 3.8) is 0 Å². The van der Waals surface area contributed by atoms with Crippen LogP contribution in [0.5, 0.6) is 0 Å². The highest BCUT2D eigenvalue weighted by Crippen LogP contribution is 2.20. The molecule has 4 heteroatoms. The van der Waals surface area contributed by atoms with E-state index in [9.17, 15) is 4.79 Å². The Labute approximate surface area is 117 Å². The van der Waals surface area contributed by atoms with Gasteiger partial charge < -0.3 is 14.7 Å². The number of urea groups is 1. The number of rotatable bonds is 2. The topological polar surface area (TPSA) is 26.8 Å². The molecule has 0 N–H and O–H groups in total. The van der Waals surface area contributed by atoms with Gasteiger partial charge in [-0.05, 0) is 38.1 Å². The zero-order valence-corrected chi connectivity index (χ0v) is 12.8. The number of piperidine rings is 2. The second-order valence-electron chi connectivity index (χ2n) is 6.25. The van der Waals surface area contributed by atoms with Crippen molar-refractivity contribution in [1.29, 1.82) is 0 Å². The van der Waals surface area contributed by atoms with Crippen LogP contribution in [-0.4, -0.2) is 66.5 Å². The van der Waals surface area contributed by atoms with E-state index in [1.807, 2.05) is 11.9 Å². The average Bonchev–Trinajstić information content (AvgIpc) is 2.46. The number of amides is 2. The first-order valence-electron chi connectivity index (χ1n) is 7.86. The lowest BCUT2D eigenvalue weighted by molar-refractivity contribution is 0.101. The highest BCUT2D eigenvalue weighted by molar-refractivity contribution is 5.74. The molecule has 2 rings (SSSR count). The molecule has 0 bridgehead atoms. The molecule has 0 aromatic heterocycles. The smallest absolute Gasteiger partial charge is 0.319 e. The molecule has 0 aliphatic carbocycles. The van der Waals surface area contributed by atoms with E-state index in [0.717, 1.165) is 52.0 Å². The lowest BCUT2D eigenvalue weighted by atomic mass is 10.00. The van der Waals surface area contributed by atoms with Crippen LogP contribution in [0, 0.1) is 5.92 Å². The van der Waals surface area contributed by atoms with Gasteiger partial charge in [-0.15, -0.1) is 0 Å². The minimum absolute atomic E-state index is 0.251. The van der Waals surface area contributed by atoms with Gasteiger partial charge in [0, 0.05) is 39.3 Å². The Kier molecular flexibility index (Phi) is 5.08. The van der Waals surface area contributed by atoms with E-state index in [0.29, 0.717) is 12.0 Å². The summed E-state index contributed by atoms with van der Waals surface area (Å²) in [6.45, 7) is 9.75. The Balaban J connectivity index is 1.85. The predicted molar refractivity (Wildman–Crippen MR) is 78.3 cm³/mol. The van der Waals surface area contributed by atoms with Crippen LogP contribution in [0.1, 0.15) is 39.5 Å². The van der Waals surface area contributed by atoms with Gasteiger partial charge in [0.15, 0.2) is 0 Å². The van der Waals surface area contributed by atoms with Gasteiger partial charge in [-0.3, -0.25) is 0 Å². The average molecular weight is 267 g/mol. The number of carbonyl (C=O) groups excluding carboxylic acids is 1. The molecule has 4 nitrogen and oxygen atoms in total. The minimum atomic E-state index is 0.251. The zero-order chi connectivity index (χ0) is 13.8. The van der Waals surface area contributed by atoms with E-state index >= 15 is 0 Å². The molecule has 2 fully saturated rings. The number of carbonyl (C=O) groups is 1. The normalized spacial score (nSPS) is 26.5. The fraction of sp³-hybridized carbons (Fsp3) is 0.933. The Morgan fingerprint density at radius 3 is 2.47 bits per heavy atom. The highest BCUT2D eigenvalue weighted by atomic mass is 16.2. The maximum atomic E-state index is 12.5. The molecule has 2 amide bonds. The maximum absolute atomic E-state index is 12.5. The van der Waals surface area contributed by atoms with Crippen molar-refractivity contribution in [2.24, 2.45) is 5.92 Å². The molecular weight excluding hydrogens is 238 g/mol. The largest absolute Gasteiger partial charge is 0.325 e. The number of nitrogens with zero attached hydrogens (tertiary/aromatic N) is 3. The van der Waals surface area contributed by atoms with Gasteiger partial charge >= 0.3 is 6.03 Å². The van der Waals surface area contributed by atoms with E-state index in [4.69, 9.17) is 0 Å². The van der Waals surface area contributed by atoms with E-state index in [2.05, 4.69) is 23.6 Å². The lowest BCUT2D eigenvalue weighted by Crippen LogP contribution is -2.52. The van der Waals surface area contributed by atoms with Gasteiger partial charge in [0.25, 0.3) is 0 Å². The first-order valence-corrected chi connectivity index (χ1v) is 7.86. The van der Waals surface area contributed by atoms with Crippen LogP contribution in [-0.2, 0) is 0 Å². The Morgan fingerprint density at radius 1 is 1.21 bits per heavy atom. The van der Waals surface area contributed by atoms with E-state index in [-0.39, 0.29) is 6.03 Å². The summed E-state index contributed by atoms with van der Waals surface area (Å²) in [5, 5.41) is 0. The summed E-state index contributed by atoms with van der Waals surface area (Å²) in [4.78, 5) is 19.1. The third-order valence-electron chi connectivity index (χ3n) is 4.78. The van der Waals surface area contributed by atoms with Crippen molar-refractivity contribution in [2.45, 2.75) is 45.6 Å². The van der Waals surface area contributed by atoms with Gasteiger partial charge in [0.1, 0.15) is 0 Å². The summed E-state index contributed by atoms with van der Waals surface area (Å²) < 4.78 is 0. The molecule has 0 saturated carbocycles. The van der Waals surface area contributed by atoms with Crippen molar-refractivity contribution in [3.8, 4) is 0 Å². The molecule has 0 radical (unpaired) electrons. The number of likely N-dealkylation sites (tertiary alicyclic amines) is 2. The van der Waals surface area contributed by atoms with Crippen LogP contribution in [0.25, 0.3) is 0 Å². The van der Waals surface area contributed by atoms with Crippen LogP contribution in [0.4, 0.5) is 4.79 Å². The third-order valence-corrected chi connectivity index (χ3v) is 4.78. The maximum Gasteiger partial charge on any atom is 0.319 e. The predicted octanol–water partition coefficient (Wildman–Crippen LogP) is 2.25. The van der Waals surface area contributed by atoms with Gasteiger partial charge in [-0.1, -0.05) is 13.8 Å². The third kappa shape index (κ3) is 3.62. The van der Waals surface area contributed by atoms with E-state index in [1.54, 1.807) is 0 Å². The van der Waals surface area contributed by atoms with Crippen LogP contribution in [0.15, 0.2) is 0 Å². The Morgan fingerprint density at radius 2 is 1.89 bits per heavy atom. The van der Waals surface area contributed by atoms with Crippen LogP contribution < -0.4 is 0 Å². The van der Waals surface area contributed by atoms with Gasteiger partial charge in [0.2, 0.25) is 0 Å². The molecule has 0 aromatic carbocycles. The number of hydrogen-bond donors (Lipinski definition) is 0. The van der Waals surface area contributed by atoms with E-state index < -0.39 is 0 Å². The summed E-state index contributed by atoms with van der Waals surface area (Å²) in [5.41, 5.74) is 0. The number of hydrogen-bond acceptors (Lipinski definition) is 2. The summed E-state index contributed by atoms with van der Waals surface area (Å²) in [7, 11) is 1.99. The Bertz CT molecular complexity index is 300. The molecule has 1 atom stereocenters. The standard InChI is InChI=1S/C15H29N3O/c1-4-17-10-7-14(8-11-17)16(3)15(19)18-9-5-6-13(2)12-18/h13-14H,4-12H2,1-3H3. The molecule has 0 aromatic rings. The molecule has 19 heavy (non-hydrogen) atoms. The van der Waals surface area contributed by atoms with Crippen molar-refractivity contribution in [2.75, 3.05) is 39.8 Å². The molecule has 2 heterocycles. The zero-order valence-electron chi connectivity index (χ0n) is 12.8. The SMILES string of the molecule is CCN1CCC(N(C)C(=O)N2CCCC(C)C2)CC1. The van der Waals surface area contributed by atoms with Gasteiger partial charge in [-0.2, -0.15) is 0 Å². The van der Waals surface area contributed by atoms with Gasteiger partial charge in [0.05, 0.1) is 0 Å². The first kappa shape index (κ1) is 14.6. The highest BCUT2D eigenvalue weighted by Gasteiger charge is 2.29. The molecule has 2 saturated heterocycles. The molecule has 2 aliphatic rings. The monoisotopic (exact) mass is 267 g/mol. The fourth-order valence-corrected chi connectivity index (χ4v) is 3.37. The van der Waals surface area contributed by atoms with Crippen LogP contribution in [0.2, 0.25) is 0 Å². The fourth-order valence-electron chi connectivity index (χ4n) is 3.37. The second-order valence-corrected chi connectivity index (χ2v) is 6.25. The molecular formula is C15H29N3O. The lowest BCUT2D eigenvalue weighted by Gasteiger charge is -2.40. The summed E-state index contributed by atoms with van der Waals surface area (Å²) in [6, 6.07) is 0.689. The van der Waals surface area contributed by atoms with Gasteiger partial charge in [-0.25, -0.2) is 4.79 Å². The first-order chi connectivity index (χ1) is 9.11. The summed E-state index contributed by atoms with van der Waals surface area (Å²) in [6.07, 6.45) is 4.68. The summed E-state index contributed by atoms with van der Waals surface area (Å²) in [5.74, 6) is 0.660. The second kappa shape index (κ2) is 6.60. The van der Waals surface area contributed by atoms with Crippen molar-refractivity contribution in [3.05, 3.63) is 0 Å². The van der Waals surface area contributed by atoms with Crippen molar-refractivity contribution >= 4 is 6.03 Å².